The van der Waals surface area contributed by atoms with Gasteiger partial charge in [-0.3, -0.25) is 0 Å². The lowest BCUT2D eigenvalue weighted by molar-refractivity contribution is 0.157. The van der Waals surface area contributed by atoms with Crippen LogP contribution in [0.25, 0.3) is 0 Å². The second-order valence-electron chi connectivity index (χ2n) is 7.35. The van der Waals surface area contributed by atoms with Crippen molar-refractivity contribution in [1.29, 1.82) is 0 Å². The number of benzene rings is 1. The number of rotatable bonds is 3. The van der Waals surface area contributed by atoms with Crippen molar-refractivity contribution in [3.8, 4) is 0 Å². The third-order valence-corrected chi connectivity index (χ3v) is 4.81. The van der Waals surface area contributed by atoms with Gasteiger partial charge >= 0.3 is 0 Å². The zero-order chi connectivity index (χ0) is 14.8. The molecule has 0 heterocycles. The molecule has 1 aromatic rings. The molecule has 1 aliphatic rings. The molecule has 2 rings (SSSR count). The van der Waals surface area contributed by atoms with Gasteiger partial charge in [0.15, 0.2) is 0 Å². The first kappa shape index (κ1) is 15.5. The molecule has 1 aliphatic carbocycles. The lowest BCUT2D eigenvalue weighted by Crippen LogP contribution is -2.37. The van der Waals surface area contributed by atoms with Crippen molar-refractivity contribution >= 4 is 0 Å². The average molecular weight is 277 g/mol. The SMILES string of the molecule is C[C@@H](NC1CCC(C(C)(C)C)CC1)c1ccc(F)cc1. The van der Waals surface area contributed by atoms with Crippen LogP contribution in [0.15, 0.2) is 24.3 Å². The molecule has 1 aromatic carbocycles. The first-order valence-electron chi connectivity index (χ1n) is 7.88. The Morgan fingerprint density at radius 2 is 1.60 bits per heavy atom. The predicted molar refractivity (Wildman–Crippen MR) is 83.2 cm³/mol. The van der Waals surface area contributed by atoms with Gasteiger partial charge in [0, 0.05) is 12.1 Å². The highest BCUT2D eigenvalue weighted by Crippen LogP contribution is 2.38. The van der Waals surface area contributed by atoms with Crippen molar-refractivity contribution in [3.05, 3.63) is 35.6 Å². The summed E-state index contributed by atoms with van der Waals surface area (Å²) in [7, 11) is 0. The van der Waals surface area contributed by atoms with E-state index >= 15 is 0 Å². The van der Waals surface area contributed by atoms with Gasteiger partial charge in [-0.15, -0.1) is 0 Å². The highest BCUT2D eigenvalue weighted by molar-refractivity contribution is 5.19. The molecule has 0 spiro atoms. The summed E-state index contributed by atoms with van der Waals surface area (Å²) in [5.41, 5.74) is 1.61. The van der Waals surface area contributed by atoms with Crippen molar-refractivity contribution in [2.45, 2.75) is 65.5 Å². The molecule has 1 fully saturated rings. The van der Waals surface area contributed by atoms with Crippen LogP contribution in [0.3, 0.4) is 0 Å². The van der Waals surface area contributed by atoms with E-state index in [1.54, 1.807) is 12.1 Å². The summed E-state index contributed by atoms with van der Waals surface area (Å²) in [6, 6.07) is 7.76. The smallest absolute Gasteiger partial charge is 0.123 e. The maximum Gasteiger partial charge on any atom is 0.123 e. The van der Waals surface area contributed by atoms with Gasteiger partial charge in [0.05, 0.1) is 0 Å². The maximum absolute atomic E-state index is 12.9. The zero-order valence-corrected chi connectivity index (χ0v) is 13.2. The van der Waals surface area contributed by atoms with E-state index in [9.17, 15) is 4.39 Å². The van der Waals surface area contributed by atoms with Gasteiger partial charge in [0.25, 0.3) is 0 Å². The Hall–Kier alpha value is -0.890. The Morgan fingerprint density at radius 1 is 1.05 bits per heavy atom. The Kier molecular flexibility index (Phi) is 4.85. The van der Waals surface area contributed by atoms with E-state index in [0.717, 1.165) is 5.92 Å². The minimum atomic E-state index is -0.161. The van der Waals surface area contributed by atoms with Crippen LogP contribution in [0, 0.1) is 17.2 Å². The molecule has 0 unspecified atom stereocenters. The van der Waals surface area contributed by atoms with E-state index in [1.165, 1.54) is 31.2 Å². The molecule has 0 aliphatic heterocycles. The summed E-state index contributed by atoms with van der Waals surface area (Å²) in [4.78, 5) is 0. The second kappa shape index (κ2) is 6.26. The number of nitrogens with one attached hydrogen (secondary N) is 1. The predicted octanol–water partition coefficient (Wildman–Crippen LogP) is 5.08. The molecule has 1 atom stereocenters. The van der Waals surface area contributed by atoms with Crippen LogP contribution >= 0.6 is 0 Å². The van der Waals surface area contributed by atoms with Gasteiger partial charge in [0.2, 0.25) is 0 Å². The van der Waals surface area contributed by atoms with Gasteiger partial charge in [-0.05, 0) is 61.6 Å². The standard InChI is InChI=1S/C18H28FN/c1-13(14-5-9-16(19)10-6-14)20-17-11-7-15(8-12-17)18(2,3)4/h5-6,9-10,13,15,17,20H,7-8,11-12H2,1-4H3/t13-,15?,17?/m1/s1. The van der Waals surface area contributed by atoms with Crippen molar-refractivity contribution < 1.29 is 4.39 Å². The fourth-order valence-corrected chi connectivity index (χ4v) is 3.33. The van der Waals surface area contributed by atoms with Crippen LogP contribution in [0.2, 0.25) is 0 Å². The molecule has 1 N–H and O–H groups in total. The molecule has 0 aromatic heterocycles. The van der Waals surface area contributed by atoms with Crippen molar-refractivity contribution in [3.63, 3.8) is 0 Å². The fourth-order valence-electron chi connectivity index (χ4n) is 3.33. The van der Waals surface area contributed by atoms with Crippen LogP contribution in [0.5, 0.6) is 0 Å². The molecular weight excluding hydrogens is 249 g/mol. The van der Waals surface area contributed by atoms with Gasteiger partial charge in [-0.25, -0.2) is 4.39 Å². The minimum absolute atomic E-state index is 0.161. The zero-order valence-electron chi connectivity index (χ0n) is 13.2. The van der Waals surface area contributed by atoms with Gasteiger partial charge in [0.1, 0.15) is 5.82 Å². The lowest BCUT2D eigenvalue weighted by Gasteiger charge is -2.38. The number of hydrogen-bond donors (Lipinski definition) is 1. The lowest BCUT2D eigenvalue weighted by atomic mass is 9.71. The van der Waals surface area contributed by atoms with Crippen LogP contribution in [-0.4, -0.2) is 6.04 Å². The summed E-state index contributed by atoms with van der Waals surface area (Å²) in [6.45, 7) is 9.23. The van der Waals surface area contributed by atoms with Crippen LogP contribution < -0.4 is 5.32 Å². The highest BCUT2D eigenvalue weighted by atomic mass is 19.1. The van der Waals surface area contributed by atoms with E-state index in [1.807, 2.05) is 12.1 Å². The van der Waals surface area contributed by atoms with Gasteiger partial charge in [-0.2, -0.15) is 0 Å². The Labute approximate surface area is 123 Å². The molecule has 2 heteroatoms. The summed E-state index contributed by atoms with van der Waals surface area (Å²) in [5, 5.41) is 3.70. The number of hydrogen-bond acceptors (Lipinski definition) is 1. The highest BCUT2D eigenvalue weighted by Gasteiger charge is 2.29. The van der Waals surface area contributed by atoms with E-state index < -0.39 is 0 Å². The number of halogens is 1. The first-order valence-corrected chi connectivity index (χ1v) is 7.88. The molecule has 20 heavy (non-hydrogen) atoms. The van der Waals surface area contributed by atoms with Crippen molar-refractivity contribution in [2.24, 2.45) is 11.3 Å². The summed E-state index contributed by atoms with van der Waals surface area (Å²) < 4.78 is 12.9. The van der Waals surface area contributed by atoms with E-state index in [4.69, 9.17) is 0 Å². The molecule has 0 amide bonds. The molecule has 0 radical (unpaired) electrons. The van der Waals surface area contributed by atoms with Crippen LogP contribution in [0.1, 0.15) is 65.0 Å². The van der Waals surface area contributed by atoms with Gasteiger partial charge in [-0.1, -0.05) is 32.9 Å². The maximum atomic E-state index is 12.9. The Morgan fingerprint density at radius 3 is 2.10 bits per heavy atom. The monoisotopic (exact) mass is 277 g/mol. The molecule has 1 saturated carbocycles. The Balaban J connectivity index is 1.85. The summed E-state index contributed by atoms with van der Waals surface area (Å²) in [5.74, 6) is 0.688. The summed E-state index contributed by atoms with van der Waals surface area (Å²) >= 11 is 0. The van der Waals surface area contributed by atoms with Crippen molar-refractivity contribution in [2.75, 3.05) is 0 Å². The third-order valence-electron chi connectivity index (χ3n) is 4.81. The molecule has 0 bridgehead atoms. The second-order valence-corrected chi connectivity index (χ2v) is 7.35. The topological polar surface area (TPSA) is 12.0 Å². The first-order chi connectivity index (χ1) is 9.36. The van der Waals surface area contributed by atoms with Gasteiger partial charge < -0.3 is 5.32 Å². The molecular formula is C18H28FN. The van der Waals surface area contributed by atoms with E-state index in [-0.39, 0.29) is 5.82 Å². The quantitative estimate of drug-likeness (QED) is 0.812. The molecule has 1 nitrogen and oxygen atoms in total. The minimum Gasteiger partial charge on any atom is -0.307 e. The van der Waals surface area contributed by atoms with Crippen LogP contribution in [0.4, 0.5) is 4.39 Å². The summed E-state index contributed by atoms with van der Waals surface area (Å²) in [6.07, 6.45) is 5.15. The third kappa shape index (κ3) is 4.05. The normalized spacial score (nSPS) is 25.4. The molecule has 112 valence electrons. The molecule has 0 saturated heterocycles. The van der Waals surface area contributed by atoms with Crippen molar-refractivity contribution in [1.82, 2.24) is 5.32 Å². The Bertz CT molecular complexity index is 410. The van der Waals surface area contributed by atoms with E-state index in [0.29, 0.717) is 17.5 Å². The fraction of sp³-hybridized carbons (Fsp3) is 0.667. The largest absolute Gasteiger partial charge is 0.307 e. The average Bonchev–Trinajstić information content (AvgIpc) is 2.39. The van der Waals surface area contributed by atoms with E-state index in [2.05, 4.69) is 33.0 Å². The van der Waals surface area contributed by atoms with Crippen LogP contribution in [-0.2, 0) is 0 Å².